The van der Waals surface area contributed by atoms with Gasteiger partial charge in [0.2, 0.25) is 0 Å². The third kappa shape index (κ3) is 4.77. The topological polar surface area (TPSA) is 82.8 Å². The molecule has 3 saturated heterocycles. The molecule has 136 valence electrons. The van der Waals surface area contributed by atoms with Crippen molar-refractivity contribution in [3.05, 3.63) is 16.9 Å². The number of piperidine rings is 2. The zero-order chi connectivity index (χ0) is 16.9. The number of ether oxygens (including phenoxy) is 1. The molecule has 0 saturated carbocycles. The molecule has 0 aliphatic carbocycles. The summed E-state index contributed by atoms with van der Waals surface area (Å²) in [6.07, 6.45) is 6.22. The van der Waals surface area contributed by atoms with Crippen LogP contribution in [0.15, 0.2) is 16.9 Å². The van der Waals surface area contributed by atoms with Gasteiger partial charge < -0.3 is 20.3 Å². The number of aliphatic hydroxyl groups is 2. The predicted octanol–water partition coefficient (Wildman–Crippen LogP) is 0.383. The Bertz CT molecular complexity index is 505. The van der Waals surface area contributed by atoms with Gasteiger partial charge in [0.15, 0.2) is 0 Å². The average molecular weight is 403 g/mol. The van der Waals surface area contributed by atoms with E-state index in [2.05, 4.69) is 31.2 Å². The summed E-state index contributed by atoms with van der Waals surface area (Å²) in [7, 11) is 0. The quantitative estimate of drug-likeness (QED) is 0.663. The molecule has 0 radical (unpaired) electrons. The number of nitrogens with one attached hydrogen (secondary N) is 1. The minimum atomic E-state index is -0.306. The summed E-state index contributed by atoms with van der Waals surface area (Å²) in [4.78, 5) is 2.40. The van der Waals surface area contributed by atoms with E-state index in [0.717, 1.165) is 63.1 Å². The van der Waals surface area contributed by atoms with Crippen LogP contribution >= 0.6 is 15.9 Å². The molecule has 3 fully saturated rings. The second kappa shape index (κ2) is 8.73. The van der Waals surface area contributed by atoms with Gasteiger partial charge in [0.1, 0.15) is 0 Å². The van der Waals surface area contributed by atoms with Gasteiger partial charge in [0.25, 0.3) is 0 Å². The number of rotatable bonds is 2. The Kier molecular flexibility index (Phi) is 6.65. The molecule has 0 spiro atoms. The molecule has 3 unspecified atom stereocenters. The van der Waals surface area contributed by atoms with Gasteiger partial charge in [-0.25, -0.2) is 0 Å². The second-order valence-electron chi connectivity index (χ2n) is 6.75. The summed E-state index contributed by atoms with van der Waals surface area (Å²) < 4.78 is 8.04. The Morgan fingerprint density at radius 1 is 1.29 bits per heavy atom. The van der Waals surface area contributed by atoms with Crippen LogP contribution in [0.3, 0.4) is 0 Å². The number of hydrogen-bond acceptors (Lipinski definition) is 6. The van der Waals surface area contributed by atoms with Gasteiger partial charge in [-0.15, -0.1) is 0 Å². The van der Waals surface area contributed by atoms with Crippen LogP contribution in [-0.2, 0) is 4.74 Å². The van der Waals surface area contributed by atoms with E-state index in [4.69, 9.17) is 9.84 Å². The lowest BCUT2D eigenvalue weighted by atomic mass is 10.00. The van der Waals surface area contributed by atoms with Crippen molar-refractivity contribution < 1.29 is 14.9 Å². The normalized spacial score (nSPS) is 31.9. The first-order valence-electron chi connectivity index (χ1n) is 8.72. The van der Waals surface area contributed by atoms with Crippen molar-refractivity contribution in [2.24, 2.45) is 0 Å². The van der Waals surface area contributed by atoms with Crippen molar-refractivity contribution in [3.8, 4) is 0 Å². The summed E-state index contributed by atoms with van der Waals surface area (Å²) in [5, 5.41) is 26.3. The summed E-state index contributed by atoms with van der Waals surface area (Å²) in [5.74, 6) is 0. The molecule has 3 atom stereocenters. The van der Waals surface area contributed by atoms with Crippen LogP contribution in [0, 0.1) is 0 Å². The molecule has 0 amide bonds. The maximum absolute atomic E-state index is 10.1. The minimum absolute atomic E-state index is 0.0515. The number of hydrogen-bond donors (Lipinski definition) is 3. The molecular weight excluding hydrogens is 376 g/mol. The van der Waals surface area contributed by atoms with Gasteiger partial charge in [-0.1, -0.05) is 0 Å². The van der Waals surface area contributed by atoms with Crippen LogP contribution in [0.2, 0.25) is 0 Å². The molecule has 0 bridgehead atoms. The highest BCUT2D eigenvalue weighted by Gasteiger charge is 2.35. The van der Waals surface area contributed by atoms with E-state index in [-0.39, 0.29) is 18.2 Å². The summed E-state index contributed by atoms with van der Waals surface area (Å²) >= 11 is 3.39. The first-order chi connectivity index (χ1) is 11.6. The minimum Gasteiger partial charge on any atom is -0.392 e. The molecule has 24 heavy (non-hydrogen) atoms. The smallest absolute Gasteiger partial charge is 0.0905 e. The lowest BCUT2D eigenvalue weighted by Crippen LogP contribution is -2.55. The van der Waals surface area contributed by atoms with Crippen LogP contribution in [0.4, 0.5) is 0 Å². The fraction of sp³-hybridized carbons (Fsp3) is 0.812. The van der Waals surface area contributed by atoms with E-state index < -0.39 is 0 Å². The highest BCUT2D eigenvalue weighted by atomic mass is 79.9. The number of aliphatic hydroxyl groups excluding tert-OH is 2. The lowest BCUT2D eigenvalue weighted by Gasteiger charge is -2.43. The van der Waals surface area contributed by atoms with Crippen molar-refractivity contribution in [2.75, 3.05) is 39.4 Å². The first-order valence-corrected chi connectivity index (χ1v) is 9.51. The molecule has 7 nitrogen and oxygen atoms in total. The van der Waals surface area contributed by atoms with Crippen molar-refractivity contribution in [1.29, 1.82) is 0 Å². The monoisotopic (exact) mass is 402 g/mol. The van der Waals surface area contributed by atoms with Gasteiger partial charge in [-0.3, -0.25) is 9.58 Å². The predicted molar refractivity (Wildman–Crippen MR) is 93.9 cm³/mol. The van der Waals surface area contributed by atoms with Crippen molar-refractivity contribution in [2.45, 2.75) is 43.6 Å². The van der Waals surface area contributed by atoms with E-state index in [1.165, 1.54) is 0 Å². The number of nitrogens with zero attached hydrogens (tertiary/aromatic N) is 3. The Hall–Kier alpha value is -0.510. The van der Waals surface area contributed by atoms with Crippen molar-refractivity contribution in [3.63, 3.8) is 0 Å². The van der Waals surface area contributed by atoms with Crippen molar-refractivity contribution >= 4 is 15.9 Å². The zero-order valence-electron chi connectivity index (χ0n) is 13.9. The molecule has 4 heterocycles. The highest BCUT2D eigenvalue weighted by molar-refractivity contribution is 9.10. The lowest BCUT2D eigenvalue weighted by molar-refractivity contribution is -0.0913. The highest BCUT2D eigenvalue weighted by Crippen LogP contribution is 2.26. The Morgan fingerprint density at radius 2 is 2.12 bits per heavy atom. The molecule has 3 aliphatic rings. The van der Waals surface area contributed by atoms with E-state index in [9.17, 15) is 5.11 Å². The second-order valence-corrected chi connectivity index (χ2v) is 7.66. The summed E-state index contributed by atoms with van der Waals surface area (Å²) in [5.41, 5.74) is 0. The molecule has 3 N–H and O–H groups in total. The molecule has 1 aromatic heterocycles. The van der Waals surface area contributed by atoms with Gasteiger partial charge in [0, 0.05) is 25.8 Å². The maximum Gasteiger partial charge on any atom is 0.0905 e. The Morgan fingerprint density at radius 3 is 2.62 bits per heavy atom. The third-order valence-corrected chi connectivity index (χ3v) is 5.30. The SMILES string of the molecule is OC1CCCNC1.OC1CCN(C2COC2)CC1n1cc(Br)cn1. The number of halogens is 1. The largest absolute Gasteiger partial charge is 0.392 e. The number of likely N-dealkylation sites (tertiary alicyclic amines) is 1. The Balaban J connectivity index is 0.000000203. The van der Waals surface area contributed by atoms with Crippen LogP contribution in [0.1, 0.15) is 25.3 Å². The van der Waals surface area contributed by atoms with E-state index >= 15 is 0 Å². The standard InChI is InChI=1S/C11H16BrN3O2.C5H11NO/c12-8-3-13-15(4-8)10-5-14(2-1-11(10)16)9-6-17-7-9;7-5-2-1-3-6-4-5/h3-4,9-11,16H,1-2,5-7H2;5-7H,1-4H2. The number of β-amino-alcohol motifs (C(OH)–C–C–N with tert-alkyl or cyclic N) is 1. The molecule has 0 aromatic carbocycles. The fourth-order valence-corrected chi connectivity index (χ4v) is 3.60. The van der Waals surface area contributed by atoms with Crippen LogP contribution in [0.5, 0.6) is 0 Å². The third-order valence-electron chi connectivity index (χ3n) is 4.90. The fourth-order valence-electron chi connectivity index (χ4n) is 3.30. The van der Waals surface area contributed by atoms with Crippen molar-refractivity contribution in [1.82, 2.24) is 20.0 Å². The van der Waals surface area contributed by atoms with Crippen LogP contribution in [-0.4, -0.2) is 82.5 Å². The molecule has 4 rings (SSSR count). The van der Waals surface area contributed by atoms with Gasteiger partial charge in [0.05, 0.1) is 48.2 Å². The number of aromatic nitrogens is 2. The molecular formula is C16H27BrN4O3. The van der Waals surface area contributed by atoms with Gasteiger partial charge in [-0.2, -0.15) is 5.10 Å². The summed E-state index contributed by atoms with van der Waals surface area (Å²) in [6.45, 7) is 5.33. The van der Waals surface area contributed by atoms with E-state index in [1.807, 2.05) is 10.9 Å². The first kappa shape index (κ1) is 18.3. The van der Waals surface area contributed by atoms with Crippen LogP contribution in [0.25, 0.3) is 0 Å². The van der Waals surface area contributed by atoms with Crippen LogP contribution < -0.4 is 5.32 Å². The van der Waals surface area contributed by atoms with Gasteiger partial charge in [-0.05, 0) is 41.7 Å². The molecule has 8 heteroatoms. The molecule has 1 aromatic rings. The van der Waals surface area contributed by atoms with E-state index in [1.54, 1.807) is 6.20 Å². The summed E-state index contributed by atoms with van der Waals surface area (Å²) in [6, 6.07) is 0.583. The Labute approximate surface area is 151 Å². The zero-order valence-corrected chi connectivity index (χ0v) is 15.4. The van der Waals surface area contributed by atoms with E-state index in [0.29, 0.717) is 6.04 Å². The van der Waals surface area contributed by atoms with Gasteiger partial charge >= 0.3 is 0 Å². The average Bonchev–Trinajstić information content (AvgIpc) is 2.95. The molecule has 3 aliphatic heterocycles. The maximum atomic E-state index is 10.1.